The lowest BCUT2D eigenvalue weighted by Gasteiger charge is -2.24. The largest absolute Gasteiger partial charge is 0.393 e. The van der Waals surface area contributed by atoms with Crippen LogP contribution >= 0.6 is 11.6 Å². The molecular weight excluding hydrogens is 290 g/mol. The average Bonchev–Trinajstić information content (AvgIpc) is 2.48. The van der Waals surface area contributed by atoms with E-state index >= 15 is 0 Å². The Hall–Kier alpha value is -1.10. The highest BCUT2D eigenvalue weighted by molar-refractivity contribution is 6.30. The molecule has 1 fully saturated rings. The van der Waals surface area contributed by atoms with E-state index in [1.807, 2.05) is 24.3 Å². The van der Waals surface area contributed by atoms with Crippen LogP contribution in [0.25, 0.3) is 0 Å². The molecule has 0 saturated heterocycles. The number of rotatable bonds is 6. The summed E-state index contributed by atoms with van der Waals surface area (Å²) in [5.41, 5.74) is 1.06. The molecule has 0 aliphatic heterocycles. The van der Waals surface area contributed by atoms with Gasteiger partial charge in [-0.3, -0.25) is 4.79 Å². The van der Waals surface area contributed by atoms with E-state index in [1.165, 1.54) is 0 Å². The minimum atomic E-state index is -0.323. The molecule has 1 aromatic rings. The summed E-state index contributed by atoms with van der Waals surface area (Å²) in [4.78, 5) is 11.9. The van der Waals surface area contributed by atoms with Crippen molar-refractivity contribution in [1.29, 1.82) is 0 Å². The fourth-order valence-electron chi connectivity index (χ4n) is 2.56. The minimum absolute atomic E-state index is 0.0313. The van der Waals surface area contributed by atoms with Crippen molar-refractivity contribution in [2.45, 2.75) is 38.4 Å². The van der Waals surface area contributed by atoms with Crippen molar-refractivity contribution >= 4 is 17.5 Å². The van der Waals surface area contributed by atoms with Crippen LogP contribution in [0.3, 0.4) is 0 Å². The third-order valence-electron chi connectivity index (χ3n) is 3.74. The van der Waals surface area contributed by atoms with Gasteiger partial charge < -0.3 is 15.2 Å². The number of carbonyl (C=O) groups excluding carboxylic acids is 1. The Labute approximate surface area is 130 Å². The van der Waals surface area contributed by atoms with Crippen LogP contribution in [0.15, 0.2) is 24.3 Å². The van der Waals surface area contributed by atoms with Gasteiger partial charge in [0, 0.05) is 17.5 Å². The molecule has 21 heavy (non-hydrogen) atoms. The van der Waals surface area contributed by atoms with Crippen molar-refractivity contribution in [1.82, 2.24) is 5.32 Å². The van der Waals surface area contributed by atoms with Gasteiger partial charge in [0.05, 0.1) is 19.3 Å². The predicted octanol–water partition coefficient (Wildman–Crippen LogP) is 2.52. The number of carbonyl (C=O) groups is 1. The van der Waals surface area contributed by atoms with Gasteiger partial charge in [-0.05, 0) is 37.0 Å². The first-order chi connectivity index (χ1) is 10.1. The first kappa shape index (κ1) is 16.3. The van der Waals surface area contributed by atoms with E-state index in [0.29, 0.717) is 31.2 Å². The van der Waals surface area contributed by atoms with Gasteiger partial charge in [-0.1, -0.05) is 30.2 Å². The zero-order valence-corrected chi connectivity index (χ0v) is 12.8. The Bertz CT molecular complexity index is 449. The highest BCUT2D eigenvalue weighted by Crippen LogP contribution is 2.24. The molecule has 0 radical (unpaired) electrons. The minimum Gasteiger partial charge on any atom is -0.393 e. The second-order valence-corrected chi connectivity index (χ2v) is 5.92. The number of halogens is 1. The van der Waals surface area contributed by atoms with E-state index in [0.717, 1.165) is 24.8 Å². The summed E-state index contributed by atoms with van der Waals surface area (Å²) >= 11 is 5.81. The predicted molar refractivity (Wildman–Crippen MR) is 82.1 cm³/mol. The number of amides is 1. The summed E-state index contributed by atoms with van der Waals surface area (Å²) in [5, 5.41) is 13.2. The smallest absolute Gasteiger partial charge is 0.223 e. The summed E-state index contributed by atoms with van der Waals surface area (Å²) in [6.07, 6.45) is 2.86. The van der Waals surface area contributed by atoms with Crippen LogP contribution in [0.2, 0.25) is 5.02 Å². The van der Waals surface area contributed by atoms with Gasteiger partial charge in [-0.15, -0.1) is 0 Å². The lowest BCUT2D eigenvalue weighted by molar-refractivity contribution is -0.127. The van der Waals surface area contributed by atoms with E-state index in [2.05, 4.69) is 5.32 Å². The fourth-order valence-corrected chi connectivity index (χ4v) is 2.69. The summed E-state index contributed by atoms with van der Waals surface area (Å²) in [5.74, 6) is -0.0196. The van der Waals surface area contributed by atoms with Crippen molar-refractivity contribution < 1.29 is 14.6 Å². The molecule has 5 heteroatoms. The number of nitrogens with one attached hydrogen (secondary N) is 1. The van der Waals surface area contributed by atoms with Gasteiger partial charge in [0.2, 0.25) is 5.91 Å². The topological polar surface area (TPSA) is 58.6 Å². The van der Waals surface area contributed by atoms with Gasteiger partial charge >= 0.3 is 0 Å². The van der Waals surface area contributed by atoms with Gasteiger partial charge in [0.15, 0.2) is 0 Å². The molecule has 0 bridgehead atoms. The highest BCUT2D eigenvalue weighted by Gasteiger charge is 2.25. The zero-order chi connectivity index (χ0) is 15.1. The molecule has 1 aromatic carbocycles. The maximum atomic E-state index is 11.9. The highest BCUT2D eigenvalue weighted by atomic mass is 35.5. The van der Waals surface area contributed by atoms with E-state index in [1.54, 1.807) is 0 Å². The van der Waals surface area contributed by atoms with E-state index in [-0.39, 0.29) is 17.9 Å². The van der Waals surface area contributed by atoms with Crippen molar-refractivity contribution in [3.63, 3.8) is 0 Å². The Balaban J connectivity index is 1.59. The molecule has 1 aliphatic carbocycles. The Morgan fingerprint density at radius 3 is 2.81 bits per heavy atom. The SMILES string of the molecule is O=C(NCCOCc1ccc(Cl)cc1)[C@H]1CCC[C@H](O)C1. The summed E-state index contributed by atoms with van der Waals surface area (Å²) in [7, 11) is 0. The van der Waals surface area contributed by atoms with Gasteiger partial charge in [0.25, 0.3) is 0 Å². The van der Waals surface area contributed by atoms with Crippen LogP contribution in [-0.4, -0.2) is 30.3 Å². The van der Waals surface area contributed by atoms with Crippen molar-refractivity contribution in [2.24, 2.45) is 5.92 Å². The van der Waals surface area contributed by atoms with Crippen LogP contribution in [0.5, 0.6) is 0 Å². The number of benzene rings is 1. The fraction of sp³-hybridized carbons (Fsp3) is 0.562. The van der Waals surface area contributed by atoms with Crippen molar-refractivity contribution in [3.05, 3.63) is 34.9 Å². The maximum Gasteiger partial charge on any atom is 0.223 e. The monoisotopic (exact) mass is 311 g/mol. The average molecular weight is 312 g/mol. The lowest BCUT2D eigenvalue weighted by Crippen LogP contribution is -2.36. The molecule has 0 aromatic heterocycles. The zero-order valence-electron chi connectivity index (χ0n) is 12.1. The second-order valence-electron chi connectivity index (χ2n) is 5.49. The third-order valence-corrected chi connectivity index (χ3v) is 4.00. The molecule has 1 aliphatic rings. The van der Waals surface area contributed by atoms with Crippen LogP contribution in [0, 0.1) is 5.92 Å². The molecular formula is C16H22ClNO3. The second kappa shape index (κ2) is 8.37. The first-order valence-electron chi connectivity index (χ1n) is 7.43. The molecule has 116 valence electrons. The molecule has 2 rings (SSSR count). The molecule has 2 atom stereocenters. The molecule has 0 spiro atoms. The van der Waals surface area contributed by atoms with Crippen LogP contribution in [0.1, 0.15) is 31.2 Å². The normalized spacial score (nSPS) is 22.0. The van der Waals surface area contributed by atoms with E-state index < -0.39 is 0 Å². The Kier molecular flexibility index (Phi) is 6.49. The van der Waals surface area contributed by atoms with Crippen LogP contribution in [0.4, 0.5) is 0 Å². The number of ether oxygens (including phenoxy) is 1. The summed E-state index contributed by atoms with van der Waals surface area (Å²) in [6.45, 7) is 1.48. The summed E-state index contributed by atoms with van der Waals surface area (Å²) in [6, 6.07) is 7.50. The molecule has 2 N–H and O–H groups in total. The Morgan fingerprint density at radius 2 is 2.10 bits per heavy atom. The number of aliphatic hydroxyl groups is 1. The third kappa shape index (κ3) is 5.65. The first-order valence-corrected chi connectivity index (χ1v) is 7.81. The number of hydrogen-bond donors (Lipinski definition) is 2. The van der Waals surface area contributed by atoms with E-state index in [9.17, 15) is 9.90 Å². The Morgan fingerprint density at radius 1 is 1.33 bits per heavy atom. The standard InChI is InChI=1S/C16H22ClNO3/c17-14-6-4-12(5-7-14)11-21-9-8-18-16(20)13-2-1-3-15(19)10-13/h4-7,13,15,19H,1-3,8-11H2,(H,18,20)/t13-,15-/m0/s1. The van der Waals surface area contributed by atoms with Gasteiger partial charge in [0.1, 0.15) is 0 Å². The number of hydrogen-bond acceptors (Lipinski definition) is 3. The van der Waals surface area contributed by atoms with E-state index in [4.69, 9.17) is 16.3 Å². The molecule has 4 nitrogen and oxygen atoms in total. The van der Waals surface area contributed by atoms with Crippen LogP contribution in [-0.2, 0) is 16.1 Å². The molecule has 1 saturated carbocycles. The number of aliphatic hydroxyl groups excluding tert-OH is 1. The van der Waals surface area contributed by atoms with Crippen LogP contribution < -0.4 is 5.32 Å². The van der Waals surface area contributed by atoms with Crippen molar-refractivity contribution in [2.75, 3.05) is 13.2 Å². The summed E-state index contributed by atoms with van der Waals surface area (Å²) < 4.78 is 5.51. The lowest BCUT2D eigenvalue weighted by atomic mass is 9.87. The molecule has 0 heterocycles. The van der Waals surface area contributed by atoms with Crippen molar-refractivity contribution in [3.8, 4) is 0 Å². The maximum absolute atomic E-state index is 11.9. The van der Waals surface area contributed by atoms with Gasteiger partial charge in [-0.2, -0.15) is 0 Å². The molecule has 1 amide bonds. The molecule has 0 unspecified atom stereocenters. The quantitative estimate of drug-likeness (QED) is 0.794. The van der Waals surface area contributed by atoms with Gasteiger partial charge in [-0.25, -0.2) is 0 Å².